The number of amides is 2. The third kappa shape index (κ3) is 4.96. The first-order chi connectivity index (χ1) is 16.1. The van der Waals surface area contributed by atoms with Crippen LogP contribution in [0.25, 0.3) is 0 Å². The maximum Gasteiger partial charge on any atom is 0.411 e. The molecular formula is C25H21BrN4O3. The molecule has 1 saturated carbocycles. The van der Waals surface area contributed by atoms with E-state index < -0.39 is 6.09 Å². The number of pyridine rings is 1. The van der Waals surface area contributed by atoms with E-state index in [1.54, 1.807) is 30.5 Å². The molecule has 0 saturated heterocycles. The summed E-state index contributed by atoms with van der Waals surface area (Å²) >= 11 is 3.41. The lowest BCUT2D eigenvalue weighted by molar-refractivity contribution is 0.0708. The Hall–Kier alpha value is -3.52. The van der Waals surface area contributed by atoms with Crippen LogP contribution in [0.1, 0.15) is 46.9 Å². The minimum Gasteiger partial charge on any atom is -0.446 e. The molecule has 5 rings (SSSR count). The Kier molecular flexibility index (Phi) is 5.92. The van der Waals surface area contributed by atoms with E-state index in [9.17, 15) is 9.59 Å². The zero-order valence-electron chi connectivity index (χ0n) is 17.6. The van der Waals surface area contributed by atoms with Gasteiger partial charge in [0, 0.05) is 28.3 Å². The van der Waals surface area contributed by atoms with Crippen LogP contribution in [-0.2, 0) is 4.74 Å². The van der Waals surface area contributed by atoms with Gasteiger partial charge in [-0.05, 0) is 66.9 Å². The number of carbonyl (C=O) groups is 2. The largest absolute Gasteiger partial charge is 0.446 e. The number of hydrogen-bond acceptors (Lipinski definition) is 5. The number of nitrogens with zero attached hydrogens (tertiary/aromatic N) is 3. The Bertz CT molecular complexity index is 1190. The summed E-state index contributed by atoms with van der Waals surface area (Å²) < 4.78 is 6.12. The number of carbonyl (C=O) groups excluding carboxylic acids is 2. The molecule has 1 atom stereocenters. The monoisotopic (exact) mass is 504 g/mol. The molecule has 1 unspecified atom stereocenters. The Morgan fingerprint density at radius 3 is 2.42 bits per heavy atom. The number of anilines is 1. The van der Waals surface area contributed by atoms with Gasteiger partial charge in [-0.1, -0.05) is 34.1 Å². The average Bonchev–Trinajstić information content (AvgIpc) is 3.53. The highest BCUT2D eigenvalue weighted by atomic mass is 79.9. The summed E-state index contributed by atoms with van der Waals surface area (Å²) in [6, 6.07) is 20.0. The first-order valence-corrected chi connectivity index (χ1v) is 11.5. The fraction of sp³-hybridized carbons (Fsp3) is 0.200. The lowest BCUT2D eigenvalue weighted by Crippen LogP contribution is -2.27. The van der Waals surface area contributed by atoms with E-state index in [2.05, 4.69) is 31.3 Å². The molecule has 8 heteroatoms. The van der Waals surface area contributed by atoms with Crippen LogP contribution in [0.5, 0.6) is 0 Å². The summed E-state index contributed by atoms with van der Waals surface area (Å²) in [4.78, 5) is 29.6. The molecule has 7 nitrogen and oxygen atoms in total. The number of benzene rings is 2. The van der Waals surface area contributed by atoms with E-state index in [0.29, 0.717) is 17.7 Å². The SMILES string of the molecule is O=C(Nc1ccc(C2=NN(C(=O)c3ccc(Br)cc3)C(c3ccccn3)C2)cc1)OC1CC1. The van der Waals surface area contributed by atoms with Gasteiger partial charge in [-0.15, -0.1) is 0 Å². The number of nitrogens with one attached hydrogen (secondary N) is 1. The van der Waals surface area contributed by atoms with E-state index in [1.807, 2.05) is 42.5 Å². The van der Waals surface area contributed by atoms with Gasteiger partial charge >= 0.3 is 6.09 Å². The summed E-state index contributed by atoms with van der Waals surface area (Å²) in [5.74, 6) is -0.186. The Morgan fingerprint density at radius 2 is 1.76 bits per heavy atom. The van der Waals surface area contributed by atoms with Gasteiger partial charge in [-0.2, -0.15) is 5.10 Å². The van der Waals surface area contributed by atoms with Crippen LogP contribution in [0.15, 0.2) is 82.5 Å². The van der Waals surface area contributed by atoms with Crippen molar-refractivity contribution in [1.29, 1.82) is 0 Å². The average molecular weight is 505 g/mol. The molecular weight excluding hydrogens is 484 g/mol. The summed E-state index contributed by atoms with van der Waals surface area (Å²) in [6.45, 7) is 0. The normalized spacial score (nSPS) is 17.4. The van der Waals surface area contributed by atoms with Gasteiger partial charge in [0.05, 0.1) is 11.4 Å². The minimum absolute atomic E-state index is 0.0508. The molecule has 1 aliphatic heterocycles. The smallest absolute Gasteiger partial charge is 0.411 e. The molecule has 0 spiro atoms. The predicted octanol–water partition coefficient (Wildman–Crippen LogP) is 5.55. The first kappa shape index (κ1) is 21.3. The van der Waals surface area contributed by atoms with E-state index in [1.165, 1.54) is 5.01 Å². The third-order valence-corrected chi connectivity index (χ3v) is 6.03. The molecule has 0 radical (unpaired) electrons. The van der Waals surface area contributed by atoms with Crippen molar-refractivity contribution in [3.63, 3.8) is 0 Å². The third-order valence-electron chi connectivity index (χ3n) is 5.50. The predicted molar refractivity (Wildman–Crippen MR) is 128 cm³/mol. The quantitative estimate of drug-likeness (QED) is 0.493. The van der Waals surface area contributed by atoms with Crippen molar-refractivity contribution in [3.05, 3.63) is 94.2 Å². The Balaban J connectivity index is 1.38. The molecule has 2 amide bonds. The van der Waals surface area contributed by atoms with Crippen molar-refractivity contribution in [3.8, 4) is 0 Å². The maximum absolute atomic E-state index is 13.3. The second-order valence-corrected chi connectivity index (χ2v) is 8.90. The summed E-state index contributed by atoms with van der Waals surface area (Å²) in [6.07, 6.45) is 3.73. The highest BCUT2D eigenvalue weighted by molar-refractivity contribution is 9.10. The van der Waals surface area contributed by atoms with Crippen LogP contribution < -0.4 is 5.32 Å². The van der Waals surface area contributed by atoms with E-state index >= 15 is 0 Å². The summed E-state index contributed by atoms with van der Waals surface area (Å²) in [5.41, 5.74) is 3.64. The number of rotatable bonds is 5. The van der Waals surface area contributed by atoms with Crippen molar-refractivity contribution in [1.82, 2.24) is 9.99 Å². The minimum atomic E-state index is -0.440. The number of hydrazone groups is 1. The second kappa shape index (κ2) is 9.15. The van der Waals surface area contributed by atoms with Crippen molar-refractivity contribution < 1.29 is 14.3 Å². The van der Waals surface area contributed by atoms with Crippen LogP contribution in [0.2, 0.25) is 0 Å². The lowest BCUT2D eigenvalue weighted by Gasteiger charge is -2.21. The molecule has 0 bridgehead atoms. The highest BCUT2D eigenvalue weighted by Gasteiger charge is 2.34. The Labute approximate surface area is 199 Å². The van der Waals surface area contributed by atoms with Crippen molar-refractivity contribution >= 4 is 39.3 Å². The highest BCUT2D eigenvalue weighted by Crippen LogP contribution is 2.33. The van der Waals surface area contributed by atoms with Gasteiger partial charge in [0.15, 0.2) is 0 Å². The number of hydrogen-bond donors (Lipinski definition) is 1. The van der Waals surface area contributed by atoms with Gasteiger partial charge in [0.25, 0.3) is 5.91 Å². The second-order valence-electron chi connectivity index (χ2n) is 7.98. The zero-order chi connectivity index (χ0) is 22.8. The number of halogens is 1. The molecule has 2 heterocycles. The van der Waals surface area contributed by atoms with Gasteiger partial charge in [-0.3, -0.25) is 15.1 Å². The van der Waals surface area contributed by atoms with Gasteiger partial charge in [0.2, 0.25) is 0 Å². The Morgan fingerprint density at radius 1 is 1.00 bits per heavy atom. The van der Waals surface area contributed by atoms with E-state index in [4.69, 9.17) is 4.74 Å². The maximum atomic E-state index is 13.3. The van der Waals surface area contributed by atoms with Gasteiger partial charge in [0.1, 0.15) is 12.1 Å². The fourth-order valence-corrected chi connectivity index (χ4v) is 3.90. The number of aromatic nitrogens is 1. The topological polar surface area (TPSA) is 83.9 Å². The van der Waals surface area contributed by atoms with Crippen LogP contribution in [0, 0.1) is 0 Å². The summed E-state index contributed by atoms with van der Waals surface area (Å²) in [7, 11) is 0. The molecule has 3 aromatic rings. The van der Waals surface area contributed by atoms with Crippen LogP contribution in [0.3, 0.4) is 0 Å². The first-order valence-electron chi connectivity index (χ1n) is 10.7. The van der Waals surface area contributed by atoms with Crippen molar-refractivity contribution in [2.45, 2.75) is 31.4 Å². The summed E-state index contributed by atoms with van der Waals surface area (Å²) in [5, 5.41) is 8.94. The van der Waals surface area contributed by atoms with Crippen LogP contribution in [0.4, 0.5) is 10.5 Å². The molecule has 2 aromatic carbocycles. The molecule has 166 valence electrons. The zero-order valence-corrected chi connectivity index (χ0v) is 19.2. The molecule has 33 heavy (non-hydrogen) atoms. The van der Waals surface area contributed by atoms with Crippen molar-refractivity contribution in [2.24, 2.45) is 5.10 Å². The molecule has 1 aliphatic carbocycles. The molecule has 2 aliphatic rings. The molecule has 1 fully saturated rings. The fourth-order valence-electron chi connectivity index (χ4n) is 3.63. The van der Waals surface area contributed by atoms with Crippen LogP contribution >= 0.6 is 15.9 Å². The van der Waals surface area contributed by atoms with Gasteiger partial charge in [-0.25, -0.2) is 9.80 Å². The standard InChI is InChI=1S/C25H21BrN4O3/c26-18-8-4-17(5-9-18)24(31)30-23(21-3-1-2-14-27-21)15-22(29-30)16-6-10-19(11-7-16)28-25(32)33-20-12-13-20/h1-11,14,20,23H,12-13,15H2,(H,28,32). The molecule has 1 aromatic heterocycles. The number of ether oxygens (including phenoxy) is 1. The van der Waals surface area contributed by atoms with E-state index in [-0.39, 0.29) is 18.1 Å². The lowest BCUT2D eigenvalue weighted by atomic mass is 10.0. The van der Waals surface area contributed by atoms with Gasteiger partial charge < -0.3 is 4.74 Å². The van der Waals surface area contributed by atoms with E-state index in [0.717, 1.165) is 34.3 Å². The van der Waals surface area contributed by atoms with Crippen molar-refractivity contribution in [2.75, 3.05) is 5.32 Å². The molecule has 1 N–H and O–H groups in total. The van der Waals surface area contributed by atoms with Crippen LogP contribution in [-0.4, -0.2) is 33.8 Å².